The number of ether oxygens (including phenoxy) is 1. The summed E-state index contributed by atoms with van der Waals surface area (Å²) in [4.78, 5) is 8.31. The molecule has 1 radical (unpaired) electrons. The van der Waals surface area contributed by atoms with Crippen LogP contribution in [-0.2, 0) is 14.5 Å². The lowest BCUT2D eigenvalue weighted by Crippen LogP contribution is -1.88. The second-order valence-corrected chi connectivity index (χ2v) is 0.977. The largest absolute Gasteiger partial charge is 0.342 e. The van der Waals surface area contributed by atoms with Crippen LogP contribution in [0.25, 0.3) is 0 Å². The highest BCUT2D eigenvalue weighted by Gasteiger charge is 2.23. The second-order valence-electron chi connectivity index (χ2n) is 0.977. The average molecular weight is 89.1 g/mol. The molecule has 1 unspecified atom stereocenters. The third-order valence-corrected chi connectivity index (χ3v) is 0.478. The summed E-state index contributed by atoms with van der Waals surface area (Å²) in [5, 5.41) is 0. The molecule has 1 aliphatic heterocycles. The maximum absolute atomic E-state index is 4.56. The van der Waals surface area contributed by atoms with Crippen LogP contribution < -0.4 is 0 Å². The number of epoxide rings is 1. The van der Waals surface area contributed by atoms with E-state index in [0.717, 1.165) is 0 Å². The van der Waals surface area contributed by atoms with Gasteiger partial charge in [-0.15, -0.1) is 0 Å². The molecule has 1 saturated heterocycles. The van der Waals surface area contributed by atoms with Crippen molar-refractivity contribution in [2.45, 2.75) is 6.29 Å². The Balaban J connectivity index is 1.88. The van der Waals surface area contributed by atoms with Gasteiger partial charge < -0.3 is 4.74 Å². The molecule has 0 saturated carbocycles. The first-order valence-corrected chi connectivity index (χ1v) is 1.62. The summed E-state index contributed by atoms with van der Waals surface area (Å²) < 4.78 is 4.56. The van der Waals surface area contributed by atoms with E-state index in [0.29, 0.717) is 6.61 Å². The van der Waals surface area contributed by atoms with Crippen LogP contribution in [0.1, 0.15) is 0 Å². The predicted octanol–water partition coefficient (Wildman–Crippen LogP) is 0.0825. The minimum Gasteiger partial charge on any atom is -0.342 e. The monoisotopic (exact) mass is 89.0 g/mol. The molecule has 0 aromatic heterocycles. The third kappa shape index (κ3) is 0.931. The van der Waals surface area contributed by atoms with Gasteiger partial charge in [0.05, 0.1) is 0 Å². The van der Waals surface area contributed by atoms with E-state index in [1.807, 2.05) is 0 Å². The van der Waals surface area contributed by atoms with Crippen LogP contribution in [0.5, 0.6) is 0 Å². The molecule has 0 aromatic rings. The van der Waals surface area contributed by atoms with Crippen molar-refractivity contribution >= 4 is 0 Å². The first-order valence-electron chi connectivity index (χ1n) is 1.62. The Labute approximate surface area is 35.7 Å². The summed E-state index contributed by atoms with van der Waals surface area (Å²) in [5.41, 5.74) is 0. The molecule has 1 aliphatic rings. The van der Waals surface area contributed by atoms with Gasteiger partial charge in [-0.1, -0.05) is 0 Å². The Morgan fingerprint density at radius 2 is 2.50 bits per heavy atom. The van der Waals surface area contributed by atoms with Crippen molar-refractivity contribution in [3.05, 3.63) is 7.11 Å². The Hall–Kier alpha value is -0.120. The van der Waals surface area contributed by atoms with Gasteiger partial charge in [0.2, 0.25) is 6.29 Å². The molecule has 3 nitrogen and oxygen atoms in total. The molecular formula is C3H5O3. The molecule has 6 heavy (non-hydrogen) atoms. The van der Waals surface area contributed by atoms with Crippen molar-refractivity contribution in [2.24, 2.45) is 0 Å². The summed E-state index contributed by atoms with van der Waals surface area (Å²) >= 11 is 0. The van der Waals surface area contributed by atoms with Crippen molar-refractivity contribution in [1.82, 2.24) is 0 Å². The fraction of sp³-hybridized carbons (Fsp3) is 0.667. The van der Waals surface area contributed by atoms with Gasteiger partial charge in [0, 0.05) is 0 Å². The lowest BCUT2D eigenvalue weighted by atomic mass is 10.9. The minimum atomic E-state index is -0.137. The van der Waals surface area contributed by atoms with E-state index in [-0.39, 0.29) is 6.29 Å². The highest BCUT2D eigenvalue weighted by molar-refractivity contribution is 4.50. The summed E-state index contributed by atoms with van der Waals surface area (Å²) in [7, 11) is 2.96. The molecule has 1 heterocycles. The van der Waals surface area contributed by atoms with Crippen LogP contribution in [0.3, 0.4) is 0 Å². The highest BCUT2D eigenvalue weighted by Crippen LogP contribution is 2.09. The van der Waals surface area contributed by atoms with Gasteiger partial charge >= 0.3 is 0 Å². The predicted molar refractivity (Wildman–Crippen MR) is 17.3 cm³/mol. The molecular weight excluding hydrogens is 84.0 g/mol. The van der Waals surface area contributed by atoms with Crippen LogP contribution in [0.2, 0.25) is 0 Å². The van der Waals surface area contributed by atoms with E-state index < -0.39 is 0 Å². The fourth-order valence-corrected chi connectivity index (χ4v) is 0.171. The van der Waals surface area contributed by atoms with Crippen LogP contribution in [0.15, 0.2) is 0 Å². The van der Waals surface area contributed by atoms with Crippen molar-refractivity contribution in [1.29, 1.82) is 0 Å². The van der Waals surface area contributed by atoms with Crippen molar-refractivity contribution in [2.75, 3.05) is 6.61 Å². The van der Waals surface area contributed by atoms with Crippen molar-refractivity contribution in [3.8, 4) is 0 Å². The van der Waals surface area contributed by atoms with E-state index in [1.54, 1.807) is 0 Å². The molecule has 35 valence electrons. The summed E-state index contributed by atoms with van der Waals surface area (Å²) in [6.45, 7) is 0.634. The van der Waals surface area contributed by atoms with Crippen LogP contribution in [0, 0.1) is 7.11 Å². The lowest BCUT2D eigenvalue weighted by Gasteiger charge is -1.85. The van der Waals surface area contributed by atoms with E-state index in [2.05, 4.69) is 21.6 Å². The van der Waals surface area contributed by atoms with Crippen LogP contribution in [-0.4, -0.2) is 12.9 Å². The molecule has 1 atom stereocenters. The smallest absolute Gasteiger partial charge is 0.215 e. The van der Waals surface area contributed by atoms with E-state index in [1.165, 1.54) is 0 Å². The summed E-state index contributed by atoms with van der Waals surface area (Å²) in [6, 6.07) is 0. The van der Waals surface area contributed by atoms with Gasteiger partial charge in [0.15, 0.2) is 0 Å². The molecule has 1 rings (SSSR count). The van der Waals surface area contributed by atoms with Gasteiger partial charge in [0.1, 0.15) is 13.7 Å². The molecule has 0 N–H and O–H groups in total. The van der Waals surface area contributed by atoms with Gasteiger partial charge in [-0.2, -0.15) is 0 Å². The third-order valence-electron chi connectivity index (χ3n) is 0.478. The standard InChI is InChI=1S/C3H5O3/c1-4-6-3-2-5-3/h3H,1-2H2. The molecule has 0 spiro atoms. The van der Waals surface area contributed by atoms with Gasteiger partial charge in [-0.25, -0.2) is 9.78 Å². The second kappa shape index (κ2) is 1.55. The van der Waals surface area contributed by atoms with E-state index >= 15 is 0 Å². The first kappa shape index (κ1) is 4.05. The Bertz CT molecular complexity index is 41.3. The maximum atomic E-state index is 4.56. The zero-order chi connectivity index (χ0) is 4.41. The molecule has 3 heteroatoms. The Morgan fingerprint density at radius 3 is 2.67 bits per heavy atom. The average Bonchev–Trinajstić information content (AvgIpc) is 2.21. The SMILES string of the molecule is [CH2]OOC1CO1. The van der Waals surface area contributed by atoms with Gasteiger partial charge in [0.25, 0.3) is 0 Å². The van der Waals surface area contributed by atoms with Gasteiger partial charge in [-0.3, -0.25) is 0 Å². The van der Waals surface area contributed by atoms with Crippen LogP contribution in [0.4, 0.5) is 0 Å². The highest BCUT2D eigenvalue weighted by atomic mass is 17.2. The molecule has 0 amide bonds. The fourth-order valence-electron chi connectivity index (χ4n) is 0.171. The number of hydrogen-bond donors (Lipinski definition) is 0. The quantitative estimate of drug-likeness (QED) is 0.273. The number of rotatable bonds is 2. The topological polar surface area (TPSA) is 31.0 Å². The van der Waals surface area contributed by atoms with E-state index in [4.69, 9.17) is 0 Å². The van der Waals surface area contributed by atoms with Crippen molar-refractivity contribution < 1.29 is 14.5 Å². The zero-order valence-corrected chi connectivity index (χ0v) is 3.22. The van der Waals surface area contributed by atoms with Gasteiger partial charge in [-0.05, 0) is 0 Å². The zero-order valence-electron chi connectivity index (χ0n) is 3.22. The minimum absolute atomic E-state index is 0.137. The number of hydrogen-bond acceptors (Lipinski definition) is 3. The Morgan fingerprint density at radius 1 is 1.83 bits per heavy atom. The molecule has 0 aliphatic carbocycles. The molecule has 0 bridgehead atoms. The Kier molecular flexibility index (Phi) is 1.05. The first-order chi connectivity index (χ1) is 2.93. The normalized spacial score (nSPS) is 30.5. The van der Waals surface area contributed by atoms with Crippen LogP contribution >= 0.6 is 0 Å². The summed E-state index contributed by atoms with van der Waals surface area (Å²) in [5.74, 6) is 0. The molecule has 1 fully saturated rings. The lowest BCUT2D eigenvalue weighted by molar-refractivity contribution is -0.282. The molecule has 0 aromatic carbocycles. The van der Waals surface area contributed by atoms with E-state index in [9.17, 15) is 0 Å². The maximum Gasteiger partial charge on any atom is 0.215 e. The summed E-state index contributed by atoms with van der Waals surface area (Å²) in [6.07, 6.45) is -0.137. The van der Waals surface area contributed by atoms with Crippen molar-refractivity contribution in [3.63, 3.8) is 0 Å².